The number of anilines is 1. The van der Waals surface area contributed by atoms with Gasteiger partial charge in [0, 0.05) is 38.8 Å². The van der Waals surface area contributed by atoms with E-state index in [0.29, 0.717) is 39.1 Å². The Labute approximate surface area is 179 Å². The van der Waals surface area contributed by atoms with Gasteiger partial charge in [-0.25, -0.2) is 14.8 Å². The van der Waals surface area contributed by atoms with Crippen molar-refractivity contribution in [2.24, 2.45) is 0 Å². The SMILES string of the molecule is Cc1nc(N2CCN(C(=O)C3CCCN3C(=O)OC(C)(C)C)CC2)cc(C(F)(F)F)n1. The molecular formula is C20H28F3N5O3. The van der Waals surface area contributed by atoms with Crippen molar-refractivity contribution in [1.29, 1.82) is 0 Å². The smallest absolute Gasteiger partial charge is 0.433 e. The molecule has 0 radical (unpaired) electrons. The number of aryl methyl sites for hydroxylation is 1. The minimum absolute atomic E-state index is 0.0438. The van der Waals surface area contributed by atoms with Gasteiger partial charge >= 0.3 is 12.3 Å². The van der Waals surface area contributed by atoms with E-state index >= 15 is 0 Å². The molecule has 2 aliphatic rings. The third-order valence-electron chi connectivity index (χ3n) is 5.20. The Balaban J connectivity index is 1.64. The van der Waals surface area contributed by atoms with Gasteiger partial charge in [-0.1, -0.05) is 0 Å². The maximum absolute atomic E-state index is 13.1. The molecule has 1 atom stereocenters. The van der Waals surface area contributed by atoms with E-state index in [1.165, 1.54) is 11.8 Å². The van der Waals surface area contributed by atoms with E-state index in [9.17, 15) is 22.8 Å². The van der Waals surface area contributed by atoms with E-state index in [1.54, 1.807) is 30.6 Å². The van der Waals surface area contributed by atoms with Crippen LogP contribution in [0.3, 0.4) is 0 Å². The Morgan fingerprint density at radius 2 is 1.71 bits per heavy atom. The van der Waals surface area contributed by atoms with E-state index < -0.39 is 29.6 Å². The number of amides is 2. The zero-order valence-electron chi connectivity index (χ0n) is 18.2. The number of hydrogen-bond donors (Lipinski definition) is 0. The summed E-state index contributed by atoms with van der Waals surface area (Å²) in [5, 5.41) is 0. The number of ether oxygens (including phenoxy) is 1. The van der Waals surface area contributed by atoms with E-state index in [0.717, 1.165) is 12.5 Å². The second kappa shape index (κ2) is 8.51. The number of nitrogens with zero attached hydrogens (tertiary/aromatic N) is 5. The first-order valence-electron chi connectivity index (χ1n) is 10.3. The summed E-state index contributed by atoms with van der Waals surface area (Å²) in [7, 11) is 0. The van der Waals surface area contributed by atoms with Gasteiger partial charge in [-0.05, 0) is 40.5 Å². The molecule has 3 rings (SSSR count). The number of piperazine rings is 1. The Hall–Kier alpha value is -2.59. The predicted octanol–water partition coefficient (Wildman–Crippen LogP) is 2.85. The summed E-state index contributed by atoms with van der Waals surface area (Å²) in [5.74, 6) is 0.0864. The van der Waals surface area contributed by atoms with Gasteiger partial charge in [0.1, 0.15) is 29.0 Å². The van der Waals surface area contributed by atoms with Gasteiger partial charge in [0.25, 0.3) is 0 Å². The Morgan fingerprint density at radius 1 is 1.06 bits per heavy atom. The number of halogens is 3. The quantitative estimate of drug-likeness (QED) is 0.700. The van der Waals surface area contributed by atoms with Crippen LogP contribution in [0.15, 0.2) is 6.07 Å². The molecule has 2 aliphatic heterocycles. The molecule has 31 heavy (non-hydrogen) atoms. The van der Waals surface area contributed by atoms with Crippen LogP contribution in [-0.4, -0.2) is 76.1 Å². The normalized spacial score (nSPS) is 20.2. The molecule has 2 amide bonds. The third kappa shape index (κ3) is 5.56. The number of aromatic nitrogens is 2. The molecule has 0 N–H and O–H groups in total. The van der Waals surface area contributed by atoms with Crippen LogP contribution in [0.4, 0.5) is 23.8 Å². The van der Waals surface area contributed by atoms with Crippen molar-refractivity contribution in [3.8, 4) is 0 Å². The van der Waals surface area contributed by atoms with E-state index in [-0.39, 0.29) is 17.5 Å². The molecule has 172 valence electrons. The average Bonchev–Trinajstić information content (AvgIpc) is 3.15. The fraction of sp³-hybridized carbons (Fsp3) is 0.700. The van der Waals surface area contributed by atoms with Crippen molar-refractivity contribution in [3.63, 3.8) is 0 Å². The van der Waals surface area contributed by atoms with E-state index in [2.05, 4.69) is 9.97 Å². The van der Waals surface area contributed by atoms with Gasteiger partial charge in [0.15, 0.2) is 0 Å². The lowest BCUT2D eigenvalue weighted by atomic mass is 10.1. The van der Waals surface area contributed by atoms with Crippen LogP contribution >= 0.6 is 0 Å². The minimum atomic E-state index is -4.55. The maximum Gasteiger partial charge on any atom is 0.433 e. The summed E-state index contributed by atoms with van der Waals surface area (Å²) >= 11 is 0. The van der Waals surface area contributed by atoms with E-state index in [4.69, 9.17) is 4.74 Å². The number of likely N-dealkylation sites (tertiary alicyclic amines) is 1. The molecule has 1 unspecified atom stereocenters. The molecule has 8 nitrogen and oxygen atoms in total. The molecule has 0 saturated carbocycles. The monoisotopic (exact) mass is 443 g/mol. The van der Waals surface area contributed by atoms with Gasteiger partial charge in [-0.3, -0.25) is 9.69 Å². The highest BCUT2D eigenvalue weighted by Gasteiger charge is 2.39. The van der Waals surface area contributed by atoms with Gasteiger partial charge in [-0.2, -0.15) is 13.2 Å². The molecule has 3 heterocycles. The standard InChI is InChI=1S/C20H28F3N5O3/c1-13-24-15(20(21,22)23)12-16(25-13)26-8-10-27(11-9-26)17(29)14-6-5-7-28(14)18(30)31-19(2,3)4/h12,14H,5-11H2,1-4H3. The number of carbonyl (C=O) groups excluding carboxylic acids is 2. The highest BCUT2D eigenvalue weighted by atomic mass is 19.4. The number of hydrogen-bond acceptors (Lipinski definition) is 6. The van der Waals surface area contributed by atoms with Crippen LogP contribution < -0.4 is 4.90 Å². The highest BCUT2D eigenvalue weighted by Crippen LogP contribution is 2.30. The summed E-state index contributed by atoms with van der Waals surface area (Å²) in [6, 6.07) is 0.366. The molecular weight excluding hydrogens is 415 g/mol. The lowest BCUT2D eigenvalue weighted by molar-refractivity contribution is -0.141. The minimum Gasteiger partial charge on any atom is -0.444 e. The molecule has 0 aliphatic carbocycles. The van der Waals surface area contributed by atoms with Gasteiger partial charge in [0.2, 0.25) is 5.91 Å². The third-order valence-corrected chi connectivity index (χ3v) is 5.20. The molecule has 11 heteroatoms. The Morgan fingerprint density at radius 3 is 2.29 bits per heavy atom. The summed E-state index contributed by atoms with van der Waals surface area (Å²) < 4.78 is 44.6. The second-order valence-corrected chi connectivity index (χ2v) is 8.80. The zero-order chi connectivity index (χ0) is 23.0. The van der Waals surface area contributed by atoms with Crippen molar-refractivity contribution in [1.82, 2.24) is 19.8 Å². The van der Waals surface area contributed by atoms with Crippen molar-refractivity contribution in [2.45, 2.75) is 58.4 Å². The summed E-state index contributed by atoms with van der Waals surface area (Å²) in [5.41, 5.74) is -1.63. The van der Waals surface area contributed by atoms with Gasteiger partial charge < -0.3 is 14.5 Å². The van der Waals surface area contributed by atoms with Crippen LogP contribution in [0.1, 0.15) is 45.1 Å². The van der Waals surface area contributed by atoms with Crippen LogP contribution in [0.25, 0.3) is 0 Å². The zero-order valence-corrected chi connectivity index (χ0v) is 18.2. The fourth-order valence-electron chi connectivity index (χ4n) is 3.79. The second-order valence-electron chi connectivity index (χ2n) is 8.80. The first-order valence-corrected chi connectivity index (χ1v) is 10.3. The van der Waals surface area contributed by atoms with Crippen LogP contribution in [0.5, 0.6) is 0 Å². The van der Waals surface area contributed by atoms with Crippen molar-refractivity contribution in [3.05, 3.63) is 17.6 Å². The summed E-state index contributed by atoms with van der Waals surface area (Å²) in [6.45, 7) is 8.57. The molecule has 1 aromatic rings. The molecule has 0 bridgehead atoms. The first kappa shape index (κ1) is 23.1. The van der Waals surface area contributed by atoms with Crippen molar-refractivity contribution < 1.29 is 27.5 Å². The Kier molecular flexibility index (Phi) is 6.33. The molecule has 0 spiro atoms. The fourth-order valence-corrected chi connectivity index (χ4v) is 3.79. The Bertz CT molecular complexity index is 832. The van der Waals surface area contributed by atoms with Crippen molar-refractivity contribution in [2.75, 3.05) is 37.6 Å². The van der Waals surface area contributed by atoms with E-state index in [1.807, 2.05) is 0 Å². The topological polar surface area (TPSA) is 78.9 Å². The molecule has 2 saturated heterocycles. The van der Waals surface area contributed by atoms with Crippen LogP contribution in [0.2, 0.25) is 0 Å². The highest BCUT2D eigenvalue weighted by molar-refractivity contribution is 5.86. The molecule has 2 fully saturated rings. The lowest BCUT2D eigenvalue weighted by Gasteiger charge is -2.38. The number of alkyl halides is 3. The molecule has 0 aromatic carbocycles. The average molecular weight is 443 g/mol. The van der Waals surface area contributed by atoms with Crippen LogP contribution in [0, 0.1) is 6.92 Å². The van der Waals surface area contributed by atoms with Crippen molar-refractivity contribution >= 4 is 17.8 Å². The first-order chi connectivity index (χ1) is 14.3. The number of rotatable bonds is 2. The maximum atomic E-state index is 13.1. The lowest BCUT2D eigenvalue weighted by Crippen LogP contribution is -2.55. The van der Waals surface area contributed by atoms with Gasteiger partial charge in [-0.15, -0.1) is 0 Å². The molecule has 1 aromatic heterocycles. The van der Waals surface area contributed by atoms with Crippen LogP contribution in [-0.2, 0) is 15.7 Å². The summed E-state index contributed by atoms with van der Waals surface area (Å²) in [6.07, 6.45) is -3.76. The summed E-state index contributed by atoms with van der Waals surface area (Å²) in [4.78, 5) is 38.0. The largest absolute Gasteiger partial charge is 0.444 e. The van der Waals surface area contributed by atoms with Gasteiger partial charge in [0.05, 0.1) is 0 Å². The number of carbonyl (C=O) groups is 2. The predicted molar refractivity (Wildman–Crippen MR) is 107 cm³/mol.